The van der Waals surface area contributed by atoms with Gasteiger partial charge >= 0.3 is 6.01 Å². The number of piperazine rings is 1. The lowest BCUT2D eigenvalue weighted by atomic mass is 9.76. The average molecular weight is 825 g/mol. The first kappa shape index (κ1) is 39.6. The van der Waals surface area contributed by atoms with E-state index in [1.54, 1.807) is 6.07 Å². The summed E-state index contributed by atoms with van der Waals surface area (Å²) < 4.78 is 6.44. The van der Waals surface area contributed by atoms with Gasteiger partial charge < -0.3 is 29.4 Å². The maximum atomic E-state index is 14.9. The van der Waals surface area contributed by atoms with Crippen molar-refractivity contribution in [2.24, 2.45) is 0 Å². The summed E-state index contributed by atoms with van der Waals surface area (Å²) in [6.45, 7) is 4.90. The van der Waals surface area contributed by atoms with Crippen LogP contribution in [-0.4, -0.2) is 107 Å². The molecule has 0 spiro atoms. The number of ether oxygens (including phenoxy) is 1. The van der Waals surface area contributed by atoms with Crippen molar-refractivity contribution >= 4 is 28.2 Å². The summed E-state index contributed by atoms with van der Waals surface area (Å²) in [4.78, 5) is 36.3. The standard InChI is InChI=1S/C51H52N8O3/c1-55-26-13-21-41(55)35-62-50-53-45-33-56(46-31-42(60)30-36-14-11-12-22-43(36)46)27-24-44(45)48(54-50)57-28-29-58(40(32-57)23-25-52)49(61)47-34-59(47)51(37-15-5-2-6-16-37,38-17-7-3-8-18-38)39-19-9-4-10-20-39/h2-12,14-20,22,30-31,40-41,47,60H,13,21,23-24,26-29,32-35H2,1H3. The minimum absolute atomic E-state index is 0.0560. The smallest absolute Gasteiger partial charge is 0.318 e. The fourth-order valence-electron chi connectivity index (χ4n) is 10.4. The summed E-state index contributed by atoms with van der Waals surface area (Å²) in [5.41, 5.74) is 5.56. The third-order valence-corrected chi connectivity index (χ3v) is 13.6. The van der Waals surface area contributed by atoms with Crippen LogP contribution in [0.4, 0.5) is 11.5 Å². The molecular formula is C51H52N8O3. The van der Waals surface area contributed by atoms with E-state index in [1.807, 2.05) is 47.4 Å². The molecule has 4 atom stereocenters. The second-order valence-electron chi connectivity index (χ2n) is 17.2. The third kappa shape index (κ3) is 7.27. The van der Waals surface area contributed by atoms with Crippen LogP contribution in [0.3, 0.4) is 0 Å². The van der Waals surface area contributed by atoms with Gasteiger partial charge in [0, 0.05) is 61.5 Å². The Morgan fingerprint density at radius 3 is 2.15 bits per heavy atom. The summed E-state index contributed by atoms with van der Waals surface area (Å²) in [6, 6.07) is 45.7. The van der Waals surface area contributed by atoms with Crippen molar-refractivity contribution in [1.29, 1.82) is 5.26 Å². The van der Waals surface area contributed by atoms with E-state index in [2.05, 4.69) is 112 Å². The summed E-state index contributed by atoms with van der Waals surface area (Å²) >= 11 is 0. The number of carbonyl (C=O) groups excluding carboxylic acids is 1. The number of benzene rings is 5. The molecule has 3 saturated heterocycles. The van der Waals surface area contributed by atoms with Crippen LogP contribution >= 0.6 is 0 Å². The van der Waals surface area contributed by atoms with E-state index in [0.717, 1.165) is 69.6 Å². The molecule has 5 aromatic carbocycles. The molecule has 11 nitrogen and oxygen atoms in total. The highest BCUT2D eigenvalue weighted by atomic mass is 16.5. The molecule has 10 rings (SSSR count). The van der Waals surface area contributed by atoms with Gasteiger partial charge in [0.2, 0.25) is 5.91 Å². The number of likely N-dealkylation sites (N-methyl/N-ethyl adjacent to an activating group) is 1. The van der Waals surface area contributed by atoms with E-state index in [1.165, 1.54) is 0 Å². The Balaban J connectivity index is 0.951. The zero-order valence-corrected chi connectivity index (χ0v) is 35.2. The SMILES string of the molecule is CN1CCCC1COc1nc2c(c(N3CCN(C(=O)C4CN4C(c4ccccc4)(c4ccccc4)c4ccccc4)C(CC#N)C3)n1)CCN(c1cc(O)cc3ccccc13)C2. The van der Waals surface area contributed by atoms with E-state index < -0.39 is 5.54 Å². The van der Waals surface area contributed by atoms with Gasteiger partial charge in [-0.1, -0.05) is 115 Å². The number of carbonyl (C=O) groups is 1. The molecule has 4 unspecified atom stereocenters. The number of aromatic nitrogens is 2. The van der Waals surface area contributed by atoms with Gasteiger partial charge in [0.25, 0.3) is 0 Å². The highest BCUT2D eigenvalue weighted by Gasteiger charge is 2.57. The number of phenols is 1. The fourth-order valence-corrected chi connectivity index (χ4v) is 10.4. The first-order valence-electron chi connectivity index (χ1n) is 22.0. The van der Waals surface area contributed by atoms with E-state index >= 15 is 0 Å². The van der Waals surface area contributed by atoms with Crippen LogP contribution < -0.4 is 14.5 Å². The van der Waals surface area contributed by atoms with Gasteiger partial charge in [0.05, 0.1) is 36.3 Å². The normalized spacial score (nSPS) is 21.4. The molecule has 11 heteroatoms. The second-order valence-corrected chi connectivity index (χ2v) is 17.2. The minimum atomic E-state index is -0.682. The van der Waals surface area contributed by atoms with Gasteiger partial charge in [-0.15, -0.1) is 0 Å². The van der Waals surface area contributed by atoms with Crippen LogP contribution in [0.5, 0.6) is 11.8 Å². The van der Waals surface area contributed by atoms with Gasteiger partial charge in [0.1, 0.15) is 24.2 Å². The molecule has 1 aromatic heterocycles. The molecule has 1 amide bonds. The largest absolute Gasteiger partial charge is 0.508 e. The van der Waals surface area contributed by atoms with Crippen molar-refractivity contribution in [1.82, 2.24) is 24.7 Å². The van der Waals surface area contributed by atoms with E-state index in [4.69, 9.17) is 14.7 Å². The molecule has 314 valence electrons. The molecule has 0 aliphatic carbocycles. The monoisotopic (exact) mass is 824 g/mol. The Bertz CT molecular complexity index is 2510. The van der Waals surface area contributed by atoms with Crippen molar-refractivity contribution in [3.8, 4) is 17.8 Å². The maximum absolute atomic E-state index is 14.9. The summed E-state index contributed by atoms with van der Waals surface area (Å²) in [6.07, 6.45) is 3.11. The molecule has 4 aliphatic heterocycles. The van der Waals surface area contributed by atoms with Gasteiger partial charge in [-0.25, -0.2) is 0 Å². The molecule has 5 heterocycles. The molecule has 4 aliphatic rings. The Morgan fingerprint density at radius 1 is 0.806 bits per heavy atom. The number of fused-ring (bicyclic) bond motifs is 2. The molecule has 62 heavy (non-hydrogen) atoms. The minimum Gasteiger partial charge on any atom is -0.508 e. The predicted molar refractivity (Wildman–Crippen MR) is 241 cm³/mol. The van der Waals surface area contributed by atoms with Crippen LogP contribution in [0, 0.1) is 11.3 Å². The molecule has 0 bridgehead atoms. The van der Waals surface area contributed by atoms with Crippen LogP contribution in [0.25, 0.3) is 10.8 Å². The molecular weight excluding hydrogens is 773 g/mol. The number of nitrogens with zero attached hydrogens (tertiary/aromatic N) is 8. The molecule has 0 saturated carbocycles. The van der Waals surface area contributed by atoms with E-state index in [9.17, 15) is 15.2 Å². The lowest BCUT2D eigenvalue weighted by molar-refractivity contribution is -0.134. The Labute approximate surface area is 363 Å². The fraction of sp³-hybridized carbons (Fsp3) is 0.333. The van der Waals surface area contributed by atoms with Crippen LogP contribution in [0.15, 0.2) is 127 Å². The number of aromatic hydroxyl groups is 1. The van der Waals surface area contributed by atoms with Crippen molar-refractivity contribution in [2.75, 3.05) is 62.7 Å². The van der Waals surface area contributed by atoms with Gasteiger partial charge in [-0.3, -0.25) is 9.69 Å². The first-order chi connectivity index (χ1) is 30.4. The maximum Gasteiger partial charge on any atom is 0.318 e. The lowest BCUT2D eigenvalue weighted by Crippen LogP contribution is -2.57. The number of hydrogen-bond donors (Lipinski definition) is 1. The summed E-state index contributed by atoms with van der Waals surface area (Å²) in [5.74, 6) is 1.11. The Hall–Kier alpha value is -6.48. The number of nitriles is 1. The van der Waals surface area contributed by atoms with Crippen LogP contribution in [0.1, 0.15) is 47.2 Å². The number of amides is 1. The van der Waals surface area contributed by atoms with E-state index in [0.29, 0.717) is 64.3 Å². The van der Waals surface area contributed by atoms with Crippen molar-refractivity contribution in [2.45, 2.75) is 55.9 Å². The Morgan fingerprint density at radius 2 is 1.48 bits per heavy atom. The Kier molecular flexibility index (Phi) is 10.7. The number of rotatable bonds is 11. The zero-order chi connectivity index (χ0) is 42.2. The molecule has 3 fully saturated rings. The van der Waals surface area contributed by atoms with Crippen molar-refractivity contribution in [3.63, 3.8) is 0 Å². The second kappa shape index (κ2) is 16.8. The molecule has 1 N–H and O–H groups in total. The number of phenolic OH excluding ortho intramolecular Hbond substituents is 1. The number of hydrogen-bond acceptors (Lipinski definition) is 10. The van der Waals surface area contributed by atoms with Crippen molar-refractivity contribution in [3.05, 3.63) is 155 Å². The van der Waals surface area contributed by atoms with Gasteiger partial charge in [-0.2, -0.15) is 15.2 Å². The highest BCUT2D eigenvalue weighted by Crippen LogP contribution is 2.49. The zero-order valence-electron chi connectivity index (χ0n) is 35.2. The summed E-state index contributed by atoms with van der Waals surface area (Å²) in [5, 5.41) is 23.0. The highest BCUT2D eigenvalue weighted by molar-refractivity contribution is 5.95. The first-order valence-corrected chi connectivity index (χ1v) is 22.0. The quantitative estimate of drug-likeness (QED) is 0.109. The topological polar surface area (TPSA) is 112 Å². The molecule has 6 aromatic rings. The molecule has 0 radical (unpaired) electrons. The summed E-state index contributed by atoms with van der Waals surface area (Å²) in [7, 11) is 2.14. The van der Waals surface area contributed by atoms with Crippen LogP contribution in [-0.2, 0) is 23.3 Å². The number of anilines is 2. The average Bonchev–Trinajstić information content (AvgIpc) is 4.01. The van der Waals surface area contributed by atoms with E-state index in [-0.39, 0.29) is 30.2 Å². The van der Waals surface area contributed by atoms with Crippen molar-refractivity contribution < 1.29 is 14.6 Å². The predicted octanol–water partition coefficient (Wildman–Crippen LogP) is 6.98. The third-order valence-electron chi connectivity index (χ3n) is 13.6. The lowest BCUT2D eigenvalue weighted by Gasteiger charge is -2.43. The number of likely N-dealkylation sites (tertiary alicyclic amines) is 1. The van der Waals surface area contributed by atoms with Crippen LogP contribution in [0.2, 0.25) is 0 Å². The van der Waals surface area contributed by atoms with Gasteiger partial charge in [0.15, 0.2) is 0 Å². The van der Waals surface area contributed by atoms with Gasteiger partial charge in [-0.05, 0) is 61.0 Å².